The lowest BCUT2D eigenvalue weighted by atomic mass is 10.1. The van der Waals surface area contributed by atoms with Crippen LogP contribution in [0.1, 0.15) is 46.0 Å². The maximum atomic E-state index is 11.3. The molecule has 0 rings (SSSR count). The topological polar surface area (TPSA) is 46.2 Å². The fourth-order valence-electron chi connectivity index (χ4n) is 1.15. The van der Waals surface area contributed by atoms with Crippen molar-refractivity contribution >= 4 is 5.97 Å². The summed E-state index contributed by atoms with van der Waals surface area (Å²) in [6, 6.07) is 0. The van der Waals surface area contributed by atoms with Gasteiger partial charge in [-0.05, 0) is 19.3 Å². The Balaban J connectivity index is 3.42. The van der Waals surface area contributed by atoms with E-state index in [0.29, 0.717) is 19.4 Å². The van der Waals surface area contributed by atoms with Gasteiger partial charge in [0.25, 0.3) is 0 Å². The number of ether oxygens (including phenoxy) is 1. The second-order valence-corrected chi connectivity index (χ2v) is 3.62. The van der Waals surface area contributed by atoms with E-state index in [1.807, 2.05) is 6.92 Å². The summed E-state index contributed by atoms with van der Waals surface area (Å²) in [5, 5.41) is 10.1. The number of esters is 1. The SMILES string of the molecule is CCCCC(C)C(=O)OCCCC[O]. The van der Waals surface area contributed by atoms with E-state index in [0.717, 1.165) is 19.3 Å². The largest absolute Gasteiger partial charge is 0.465 e. The van der Waals surface area contributed by atoms with E-state index >= 15 is 0 Å². The highest BCUT2D eigenvalue weighted by Crippen LogP contribution is 2.09. The molecule has 1 atom stereocenters. The van der Waals surface area contributed by atoms with Crippen molar-refractivity contribution in [2.75, 3.05) is 13.2 Å². The Morgan fingerprint density at radius 2 is 2.00 bits per heavy atom. The van der Waals surface area contributed by atoms with Gasteiger partial charge in [-0.3, -0.25) is 4.79 Å². The Kier molecular flexibility index (Phi) is 8.64. The zero-order valence-electron chi connectivity index (χ0n) is 9.25. The molecule has 1 unspecified atom stereocenters. The maximum Gasteiger partial charge on any atom is 0.308 e. The number of rotatable bonds is 8. The van der Waals surface area contributed by atoms with Gasteiger partial charge in [0, 0.05) is 0 Å². The van der Waals surface area contributed by atoms with Crippen molar-refractivity contribution in [3.8, 4) is 0 Å². The third-order valence-electron chi connectivity index (χ3n) is 2.18. The van der Waals surface area contributed by atoms with Crippen molar-refractivity contribution in [3.05, 3.63) is 0 Å². The van der Waals surface area contributed by atoms with Gasteiger partial charge in [0.2, 0.25) is 0 Å². The summed E-state index contributed by atoms with van der Waals surface area (Å²) < 4.78 is 5.03. The Morgan fingerprint density at radius 1 is 1.29 bits per heavy atom. The van der Waals surface area contributed by atoms with Gasteiger partial charge in [0.05, 0.1) is 19.1 Å². The summed E-state index contributed by atoms with van der Waals surface area (Å²) in [6.45, 7) is 4.32. The molecule has 14 heavy (non-hydrogen) atoms. The highest BCUT2D eigenvalue weighted by atomic mass is 16.5. The van der Waals surface area contributed by atoms with E-state index in [2.05, 4.69) is 6.92 Å². The van der Waals surface area contributed by atoms with Gasteiger partial charge in [-0.25, -0.2) is 5.11 Å². The van der Waals surface area contributed by atoms with Crippen LogP contribution in [-0.4, -0.2) is 19.2 Å². The monoisotopic (exact) mass is 201 g/mol. The average Bonchev–Trinajstić information content (AvgIpc) is 2.20. The lowest BCUT2D eigenvalue weighted by Gasteiger charge is -2.10. The first-order valence-corrected chi connectivity index (χ1v) is 5.47. The zero-order valence-corrected chi connectivity index (χ0v) is 9.25. The highest BCUT2D eigenvalue weighted by molar-refractivity contribution is 5.71. The normalized spacial score (nSPS) is 12.5. The first kappa shape index (κ1) is 13.4. The molecule has 0 fully saturated rings. The summed E-state index contributed by atoms with van der Waals surface area (Å²) >= 11 is 0. The second kappa shape index (κ2) is 9.00. The van der Waals surface area contributed by atoms with Crippen LogP contribution in [0.25, 0.3) is 0 Å². The lowest BCUT2D eigenvalue weighted by molar-refractivity contribution is -0.148. The van der Waals surface area contributed by atoms with Crippen LogP contribution in [-0.2, 0) is 14.6 Å². The van der Waals surface area contributed by atoms with Crippen LogP contribution in [0.15, 0.2) is 0 Å². The highest BCUT2D eigenvalue weighted by Gasteiger charge is 2.12. The number of carbonyl (C=O) groups excluding carboxylic acids is 1. The predicted molar refractivity (Wildman–Crippen MR) is 54.4 cm³/mol. The molecule has 0 N–H and O–H groups in total. The zero-order chi connectivity index (χ0) is 10.8. The van der Waals surface area contributed by atoms with Crippen LogP contribution >= 0.6 is 0 Å². The molecule has 0 aromatic heterocycles. The molecule has 0 aliphatic rings. The second-order valence-electron chi connectivity index (χ2n) is 3.62. The molecule has 0 aliphatic carbocycles. The van der Waals surface area contributed by atoms with Gasteiger partial charge in [-0.15, -0.1) is 0 Å². The summed E-state index contributed by atoms with van der Waals surface area (Å²) in [6.07, 6.45) is 4.36. The van der Waals surface area contributed by atoms with E-state index in [9.17, 15) is 9.90 Å². The fourth-order valence-corrected chi connectivity index (χ4v) is 1.15. The molecule has 0 saturated heterocycles. The molecular formula is C11H21O3. The molecular weight excluding hydrogens is 180 g/mol. The summed E-state index contributed by atoms with van der Waals surface area (Å²) in [5.41, 5.74) is 0. The molecule has 3 heteroatoms. The molecule has 1 radical (unpaired) electrons. The third kappa shape index (κ3) is 6.89. The molecule has 0 saturated carbocycles. The van der Waals surface area contributed by atoms with Crippen LogP contribution < -0.4 is 0 Å². The van der Waals surface area contributed by atoms with Crippen LogP contribution in [0.2, 0.25) is 0 Å². The molecule has 0 bridgehead atoms. The van der Waals surface area contributed by atoms with Crippen LogP contribution in [0.5, 0.6) is 0 Å². The van der Waals surface area contributed by atoms with Gasteiger partial charge < -0.3 is 4.74 Å². The van der Waals surface area contributed by atoms with E-state index in [1.165, 1.54) is 0 Å². The molecule has 0 aliphatic heterocycles. The summed E-state index contributed by atoms with van der Waals surface area (Å²) in [7, 11) is 0. The molecule has 3 nitrogen and oxygen atoms in total. The number of hydrogen-bond acceptors (Lipinski definition) is 2. The Labute approximate surface area is 86.5 Å². The minimum atomic E-state index is -0.121. The molecule has 0 amide bonds. The van der Waals surface area contributed by atoms with E-state index in [-0.39, 0.29) is 18.5 Å². The van der Waals surface area contributed by atoms with Crippen molar-refractivity contribution in [1.82, 2.24) is 0 Å². The van der Waals surface area contributed by atoms with E-state index in [4.69, 9.17) is 4.74 Å². The maximum absolute atomic E-state index is 11.3. The predicted octanol–water partition coefficient (Wildman–Crippen LogP) is 2.57. The van der Waals surface area contributed by atoms with Crippen LogP contribution in [0, 0.1) is 5.92 Å². The Bertz CT molecular complexity index is 145. The Hall–Kier alpha value is -0.570. The quantitative estimate of drug-likeness (QED) is 0.447. The van der Waals surface area contributed by atoms with Gasteiger partial charge in [0.1, 0.15) is 0 Å². The number of carbonyl (C=O) groups is 1. The van der Waals surface area contributed by atoms with E-state index < -0.39 is 0 Å². The standard InChI is InChI=1S/C11H21O3/c1-3-4-7-10(2)11(13)14-9-6-5-8-12/h10H,3-9H2,1-2H3. The Morgan fingerprint density at radius 3 is 2.57 bits per heavy atom. The number of hydrogen-bond donors (Lipinski definition) is 0. The minimum Gasteiger partial charge on any atom is -0.465 e. The van der Waals surface area contributed by atoms with Crippen molar-refractivity contribution in [1.29, 1.82) is 0 Å². The number of unbranched alkanes of at least 4 members (excludes halogenated alkanes) is 2. The van der Waals surface area contributed by atoms with Gasteiger partial charge >= 0.3 is 5.97 Å². The molecule has 0 heterocycles. The molecule has 0 aromatic rings. The summed E-state index contributed by atoms with van der Waals surface area (Å²) in [5.74, 6) is -0.119. The average molecular weight is 201 g/mol. The van der Waals surface area contributed by atoms with E-state index in [1.54, 1.807) is 0 Å². The molecule has 0 aromatic carbocycles. The minimum absolute atomic E-state index is 0.00204. The summed E-state index contributed by atoms with van der Waals surface area (Å²) in [4.78, 5) is 11.3. The molecule has 83 valence electrons. The van der Waals surface area contributed by atoms with Crippen molar-refractivity contribution in [3.63, 3.8) is 0 Å². The van der Waals surface area contributed by atoms with Crippen molar-refractivity contribution in [2.45, 2.75) is 46.0 Å². The van der Waals surface area contributed by atoms with Crippen molar-refractivity contribution < 1.29 is 14.6 Å². The molecule has 0 spiro atoms. The van der Waals surface area contributed by atoms with Gasteiger partial charge in [0.15, 0.2) is 0 Å². The smallest absolute Gasteiger partial charge is 0.308 e. The lowest BCUT2D eigenvalue weighted by Crippen LogP contribution is -2.15. The van der Waals surface area contributed by atoms with Crippen molar-refractivity contribution in [2.24, 2.45) is 5.92 Å². The van der Waals surface area contributed by atoms with Crippen LogP contribution in [0.3, 0.4) is 0 Å². The fraction of sp³-hybridized carbons (Fsp3) is 0.909. The first-order chi connectivity index (χ1) is 6.72. The van der Waals surface area contributed by atoms with Gasteiger partial charge in [-0.2, -0.15) is 0 Å². The van der Waals surface area contributed by atoms with Gasteiger partial charge in [-0.1, -0.05) is 26.7 Å². The van der Waals surface area contributed by atoms with Crippen LogP contribution in [0.4, 0.5) is 0 Å². The third-order valence-corrected chi connectivity index (χ3v) is 2.18. The first-order valence-electron chi connectivity index (χ1n) is 5.47.